The lowest BCUT2D eigenvalue weighted by Crippen LogP contribution is -2.65. The molecule has 3 aromatic rings. The number of aldehydes is 1. The Morgan fingerprint density at radius 1 is 0.682 bits per heavy atom. The van der Waals surface area contributed by atoms with Crippen LogP contribution in [0.15, 0.2) is 84.9 Å². The normalized spacial score (nSPS) is 11.1. The molecule has 0 N–H and O–H groups in total. The summed E-state index contributed by atoms with van der Waals surface area (Å²) < 4.78 is 0. The molecule has 22 heavy (non-hydrogen) atoms. The van der Waals surface area contributed by atoms with E-state index in [4.69, 9.17) is 0 Å². The van der Waals surface area contributed by atoms with E-state index in [0.717, 1.165) is 11.8 Å². The van der Waals surface area contributed by atoms with E-state index in [1.807, 2.05) is 30.3 Å². The first-order valence-electron chi connectivity index (χ1n) is 7.42. The summed E-state index contributed by atoms with van der Waals surface area (Å²) in [7, 11) is -2.17. The van der Waals surface area contributed by atoms with Crippen LogP contribution >= 0.6 is 0 Å². The molecule has 1 nitrogen and oxygen atoms in total. The first kappa shape index (κ1) is 14.5. The molecule has 0 atom stereocenters. The highest BCUT2D eigenvalue weighted by Gasteiger charge is 2.35. The van der Waals surface area contributed by atoms with Crippen LogP contribution in [0.5, 0.6) is 0 Å². The standard InChI is InChI=1S/C20H18OSi/c1-22(18-11-4-2-5-12-18,19-13-6-3-7-14-19)20-15-9-8-10-17(20)16-21/h2-16H,1H3. The molecule has 108 valence electrons. The Morgan fingerprint density at radius 3 is 1.64 bits per heavy atom. The van der Waals surface area contributed by atoms with Crippen LogP contribution < -0.4 is 15.6 Å². The largest absolute Gasteiger partial charge is 0.298 e. The van der Waals surface area contributed by atoms with Gasteiger partial charge < -0.3 is 0 Å². The van der Waals surface area contributed by atoms with Gasteiger partial charge in [-0.15, -0.1) is 0 Å². The van der Waals surface area contributed by atoms with E-state index >= 15 is 0 Å². The third-order valence-electron chi connectivity index (χ3n) is 4.33. The van der Waals surface area contributed by atoms with Crippen molar-refractivity contribution in [1.82, 2.24) is 0 Å². The maximum Gasteiger partial charge on any atom is 0.149 e. The fraction of sp³-hybridized carbons (Fsp3) is 0.0500. The highest BCUT2D eigenvalue weighted by molar-refractivity contribution is 7.11. The lowest BCUT2D eigenvalue weighted by atomic mass is 10.2. The molecule has 3 rings (SSSR count). The Bertz CT molecular complexity index is 726. The first-order valence-corrected chi connectivity index (χ1v) is 9.92. The predicted octanol–water partition coefficient (Wildman–Crippen LogP) is 2.60. The van der Waals surface area contributed by atoms with E-state index in [0.29, 0.717) is 0 Å². The number of benzene rings is 3. The van der Waals surface area contributed by atoms with Crippen LogP contribution in [-0.2, 0) is 0 Å². The van der Waals surface area contributed by atoms with Gasteiger partial charge in [-0.1, -0.05) is 91.5 Å². The quantitative estimate of drug-likeness (QED) is 0.411. The molecular formula is C20H18OSi. The summed E-state index contributed by atoms with van der Waals surface area (Å²) in [5.41, 5.74) is 0.796. The van der Waals surface area contributed by atoms with Gasteiger partial charge in [0.05, 0.1) is 0 Å². The van der Waals surface area contributed by atoms with Gasteiger partial charge in [0, 0.05) is 5.56 Å². The first-order chi connectivity index (χ1) is 10.8. The monoisotopic (exact) mass is 302 g/mol. The third-order valence-corrected chi connectivity index (χ3v) is 8.84. The van der Waals surface area contributed by atoms with Crippen molar-refractivity contribution >= 4 is 29.9 Å². The minimum atomic E-state index is -2.17. The molecule has 0 spiro atoms. The Hall–Kier alpha value is -2.45. The van der Waals surface area contributed by atoms with Crippen molar-refractivity contribution in [2.24, 2.45) is 0 Å². The summed E-state index contributed by atoms with van der Waals surface area (Å²) in [6.45, 7) is 2.32. The average Bonchev–Trinajstić information content (AvgIpc) is 2.62. The molecule has 0 radical (unpaired) electrons. The zero-order valence-electron chi connectivity index (χ0n) is 12.6. The Balaban J connectivity index is 2.31. The minimum absolute atomic E-state index is 0.796. The number of carbonyl (C=O) groups is 1. The smallest absolute Gasteiger partial charge is 0.149 e. The number of carbonyl (C=O) groups excluding carboxylic acids is 1. The van der Waals surface area contributed by atoms with Gasteiger partial charge in [0.2, 0.25) is 0 Å². The summed E-state index contributed by atoms with van der Waals surface area (Å²) >= 11 is 0. The number of rotatable bonds is 4. The SMILES string of the molecule is C[Si](c1ccccc1)(c1ccccc1)c1ccccc1C=O. The van der Waals surface area contributed by atoms with Gasteiger partial charge in [-0.25, -0.2) is 0 Å². The molecule has 0 heterocycles. The maximum atomic E-state index is 11.6. The lowest BCUT2D eigenvalue weighted by molar-refractivity contribution is 0.112. The Kier molecular flexibility index (Phi) is 4.03. The Morgan fingerprint density at radius 2 is 1.14 bits per heavy atom. The molecule has 3 aromatic carbocycles. The fourth-order valence-corrected chi connectivity index (χ4v) is 6.90. The van der Waals surface area contributed by atoms with Crippen molar-refractivity contribution in [2.75, 3.05) is 0 Å². The summed E-state index contributed by atoms with van der Waals surface area (Å²) in [6.07, 6.45) is 0.979. The van der Waals surface area contributed by atoms with Crippen LogP contribution in [0.3, 0.4) is 0 Å². The molecule has 0 aliphatic heterocycles. The zero-order valence-corrected chi connectivity index (χ0v) is 13.6. The number of hydrogen-bond acceptors (Lipinski definition) is 1. The molecule has 0 aliphatic rings. The van der Waals surface area contributed by atoms with E-state index in [9.17, 15) is 4.79 Å². The molecule has 0 aromatic heterocycles. The van der Waals surface area contributed by atoms with Crippen molar-refractivity contribution in [3.8, 4) is 0 Å². The van der Waals surface area contributed by atoms with Crippen LogP contribution in [-0.4, -0.2) is 14.4 Å². The molecule has 0 unspecified atom stereocenters. The second-order valence-electron chi connectivity index (χ2n) is 5.56. The summed E-state index contributed by atoms with van der Waals surface area (Å²) in [5, 5.41) is 3.80. The highest BCUT2D eigenvalue weighted by Crippen LogP contribution is 2.09. The molecule has 0 aliphatic carbocycles. The molecule has 0 saturated carbocycles. The van der Waals surface area contributed by atoms with Crippen LogP contribution in [0.1, 0.15) is 10.4 Å². The van der Waals surface area contributed by atoms with Gasteiger partial charge in [-0.2, -0.15) is 0 Å². The van der Waals surface area contributed by atoms with E-state index in [1.165, 1.54) is 15.6 Å². The van der Waals surface area contributed by atoms with Crippen molar-refractivity contribution in [2.45, 2.75) is 6.55 Å². The van der Waals surface area contributed by atoms with Gasteiger partial charge in [0.1, 0.15) is 14.4 Å². The van der Waals surface area contributed by atoms with Gasteiger partial charge in [0.15, 0.2) is 0 Å². The fourth-order valence-electron chi connectivity index (χ4n) is 3.08. The minimum Gasteiger partial charge on any atom is -0.298 e. The zero-order chi connectivity index (χ0) is 15.4. The van der Waals surface area contributed by atoms with E-state index < -0.39 is 8.07 Å². The molecular weight excluding hydrogens is 284 g/mol. The van der Waals surface area contributed by atoms with Crippen molar-refractivity contribution in [3.63, 3.8) is 0 Å². The molecule has 2 heteroatoms. The van der Waals surface area contributed by atoms with Gasteiger partial charge >= 0.3 is 0 Å². The number of hydrogen-bond donors (Lipinski definition) is 0. The maximum absolute atomic E-state index is 11.6. The summed E-state index contributed by atoms with van der Waals surface area (Å²) in [5.74, 6) is 0. The summed E-state index contributed by atoms with van der Waals surface area (Å²) in [4.78, 5) is 11.6. The molecule has 0 saturated heterocycles. The summed E-state index contributed by atoms with van der Waals surface area (Å²) in [6, 6.07) is 29.1. The van der Waals surface area contributed by atoms with E-state index in [-0.39, 0.29) is 0 Å². The van der Waals surface area contributed by atoms with E-state index in [1.54, 1.807) is 0 Å². The second kappa shape index (κ2) is 6.12. The highest BCUT2D eigenvalue weighted by atomic mass is 28.3. The van der Waals surface area contributed by atoms with Gasteiger partial charge in [-0.3, -0.25) is 4.79 Å². The molecule has 0 bridgehead atoms. The van der Waals surface area contributed by atoms with Crippen molar-refractivity contribution < 1.29 is 4.79 Å². The van der Waals surface area contributed by atoms with Crippen LogP contribution in [0.25, 0.3) is 0 Å². The van der Waals surface area contributed by atoms with Crippen molar-refractivity contribution in [1.29, 1.82) is 0 Å². The van der Waals surface area contributed by atoms with Gasteiger partial charge in [0.25, 0.3) is 0 Å². The lowest BCUT2D eigenvalue weighted by Gasteiger charge is -2.30. The van der Waals surface area contributed by atoms with E-state index in [2.05, 4.69) is 61.1 Å². The van der Waals surface area contributed by atoms with Crippen LogP contribution in [0, 0.1) is 0 Å². The molecule has 0 amide bonds. The van der Waals surface area contributed by atoms with Gasteiger partial charge in [-0.05, 0) is 15.6 Å². The van der Waals surface area contributed by atoms with Crippen molar-refractivity contribution in [3.05, 3.63) is 90.5 Å². The van der Waals surface area contributed by atoms with Crippen LogP contribution in [0.2, 0.25) is 6.55 Å². The Labute approximate surface area is 132 Å². The molecule has 0 fully saturated rings. The second-order valence-corrected chi connectivity index (χ2v) is 9.51. The topological polar surface area (TPSA) is 17.1 Å². The average molecular weight is 302 g/mol. The third kappa shape index (κ3) is 2.42. The predicted molar refractivity (Wildman–Crippen MR) is 95.2 cm³/mol. The van der Waals surface area contributed by atoms with Crippen LogP contribution in [0.4, 0.5) is 0 Å².